The molecule has 0 bridgehead atoms. The molecular formula is C12H13ClN2O4. The minimum Gasteiger partial charge on any atom is -0.479 e. The molecule has 6 nitrogen and oxygen atoms in total. The van der Waals surface area contributed by atoms with E-state index in [1.807, 2.05) is 0 Å². The smallest absolute Gasteiger partial charge is 0.332 e. The Morgan fingerprint density at radius 3 is 2.79 bits per heavy atom. The third-order valence-corrected chi connectivity index (χ3v) is 3.10. The molecule has 2 amide bonds. The standard InChI is InChI=1S/C12H13ClN2O4/c13-8-2-1-3-9(6-8)14-11(18)15-12(10(16)17)4-5-19-7-12/h1-3,6H,4-5,7H2,(H,16,17)(H2,14,15,18). The molecule has 0 aromatic heterocycles. The molecule has 1 atom stereocenters. The van der Waals surface area contributed by atoms with Gasteiger partial charge in [-0.2, -0.15) is 0 Å². The van der Waals surface area contributed by atoms with Gasteiger partial charge in [-0.3, -0.25) is 0 Å². The molecule has 0 spiro atoms. The minimum atomic E-state index is -1.36. The third kappa shape index (κ3) is 3.15. The van der Waals surface area contributed by atoms with E-state index < -0.39 is 17.5 Å². The van der Waals surface area contributed by atoms with Gasteiger partial charge in [-0.1, -0.05) is 17.7 Å². The first-order chi connectivity index (χ1) is 9.02. The fraction of sp³-hybridized carbons (Fsp3) is 0.333. The van der Waals surface area contributed by atoms with Crippen molar-refractivity contribution in [2.45, 2.75) is 12.0 Å². The molecule has 3 N–H and O–H groups in total. The summed E-state index contributed by atoms with van der Waals surface area (Å²) in [6.07, 6.45) is 0.241. The fourth-order valence-corrected chi connectivity index (χ4v) is 2.02. The summed E-state index contributed by atoms with van der Waals surface area (Å²) in [7, 11) is 0. The van der Waals surface area contributed by atoms with Gasteiger partial charge in [0.2, 0.25) is 0 Å². The lowest BCUT2D eigenvalue weighted by molar-refractivity contribution is -0.144. The highest BCUT2D eigenvalue weighted by atomic mass is 35.5. The Morgan fingerprint density at radius 2 is 2.21 bits per heavy atom. The lowest BCUT2D eigenvalue weighted by Gasteiger charge is -2.23. The molecule has 1 fully saturated rings. The fourth-order valence-electron chi connectivity index (χ4n) is 1.83. The highest BCUT2D eigenvalue weighted by molar-refractivity contribution is 6.30. The van der Waals surface area contributed by atoms with Gasteiger partial charge >= 0.3 is 12.0 Å². The van der Waals surface area contributed by atoms with Crippen LogP contribution in [0.5, 0.6) is 0 Å². The van der Waals surface area contributed by atoms with E-state index in [-0.39, 0.29) is 13.0 Å². The maximum absolute atomic E-state index is 11.8. The first-order valence-electron chi connectivity index (χ1n) is 5.68. The van der Waals surface area contributed by atoms with Gasteiger partial charge in [0.15, 0.2) is 5.54 Å². The van der Waals surface area contributed by atoms with Crippen LogP contribution in [0.15, 0.2) is 24.3 Å². The lowest BCUT2D eigenvalue weighted by atomic mass is 9.99. The van der Waals surface area contributed by atoms with E-state index in [9.17, 15) is 14.7 Å². The van der Waals surface area contributed by atoms with E-state index in [2.05, 4.69) is 10.6 Å². The number of carbonyl (C=O) groups is 2. The molecule has 102 valence electrons. The number of rotatable bonds is 3. The van der Waals surface area contributed by atoms with Crippen molar-refractivity contribution >= 4 is 29.3 Å². The number of urea groups is 1. The second-order valence-corrected chi connectivity index (χ2v) is 4.72. The van der Waals surface area contributed by atoms with Crippen LogP contribution >= 0.6 is 11.6 Å². The molecule has 1 aliphatic heterocycles. The van der Waals surface area contributed by atoms with Crippen molar-refractivity contribution in [2.75, 3.05) is 18.5 Å². The number of halogens is 1. The summed E-state index contributed by atoms with van der Waals surface area (Å²) in [6.45, 7) is 0.273. The van der Waals surface area contributed by atoms with Crippen LogP contribution in [0.3, 0.4) is 0 Å². The first kappa shape index (κ1) is 13.6. The number of carboxylic acid groups (broad SMARTS) is 1. The zero-order valence-corrected chi connectivity index (χ0v) is 10.7. The predicted molar refractivity (Wildman–Crippen MR) is 69.4 cm³/mol. The molecule has 0 saturated carbocycles. The highest BCUT2D eigenvalue weighted by Gasteiger charge is 2.44. The molecule has 1 saturated heterocycles. The molecular weight excluding hydrogens is 272 g/mol. The molecule has 1 unspecified atom stereocenters. The molecule has 1 aliphatic rings. The van der Waals surface area contributed by atoms with Crippen LogP contribution in [0.25, 0.3) is 0 Å². The molecule has 1 aromatic carbocycles. The highest BCUT2D eigenvalue weighted by Crippen LogP contribution is 2.20. The van der Waals surface area contributed by atoms with E-state index >= 15 is 0 Å². The van der Waals surface area contributed by atoms with Gasteiger partial charge in [0.05, 0.1) is 6.61 Å². The Labute approximate surface area is 114 Å². The van der Waals surface area contributed by atoms with Gasteiger partial charge in [0.25, 0.3) is 0 Å². The maximum atomic E-state index is 11.8. The number of amides is 2. The molecule has 7 heteroatoms. The molecule has 1 heterocycles. The summed E-state index contributed by atoms with van der Waals surface area (Å²) < 4.78 is 5.05. The molecule has 19 heavy (non-hydrogen) atoms. The first-order valence-corrected chi connectivity index (χ1v) is 6.05. The van der Waals surface area contributed by atoms with Crippen molar-refractivity contribution in [3.63, 3.8) is 0 Å². The Morgan fingerprint density at radius 1 is 1.42 bits per heavy atom. The average Bonchev–Trinajstić information content (AvgIpc) is 2.78. The maximum Gasteiger partial charge on any atom is 0.332 e. The summed E-state index contributed by atoms with van der Waals surface area (Å²) in [5, 5.41) is 14.6. The second kappa shape index (κ2) is 5.46. The number of nitrogens with one attached hydrogen (secondary N) is 2. The van der Waals surface area contributed by atoms with Gasteiger partial charge in [-0.15, -0.1) is 0 Å². The number of ether oxygens (including phenoxy) is 1. The summed E-state index contributed by atoms with van der Waals surface area (Å²) in [5.74, 6) is -1.11. The summed E-state index contributed by atoms with van der Waals surface area (Å²) in [5.41, 5.74) is -0.868. The topological polar surface area (TPSA) is 87.7 Å². The van der Waals surface area contributed by atoms with Crippen molar-refractivity contribution in [1.29, 1.82) is 0 Å². The van der Waals surface area contributed by atoms with E-state index in [0.29, 0.717) is 17.3 Å². The second-order valence-electron chi connectivity index (χ2n) is 4.28. The SMILES string of the molecule is O=C(Nc1cccc(Cl)c1)NC1(C(=O)O)CCOC1. The number of aliphatic carboxylic acids is 1. The zero-order valence-electron chi connectivity index (χ0n) is 9.98. The number of carbonyl (C=O) groups excluding carboxylic acids is 1. The Balaban J connectivity index is 2.02. The normalized spacial score (nSPS) is 21.9. The van der Waals surface area contributed by atoms with E-state index in [4.69, 9.17) is 16.3 Å². The third-order valence-electron chi connectivity index (χ3n) is 2.87. The van der Waals surface area contributed by atoms with Crippen LogP contribution in [0, 0.1) is 0 Å². The zero-order chi connectivity index (χ0) is 13.9. The minimum absolute atomic E-state index is 0.0364. The lowest BCUT2D eigenvalue weighted by Crippen LogP contribution is -2.56. The summed E-state index contributed by atoms with van der Waals surface area (Å²) in [6, 6.07) is 5.98. The summed E-state index contributed by atoms with van der Waals surface area (Å²) >= 11 is 5.79. The largest absolute Gasteiger partial charge is 0.479 e. The predicted octanol–water partition coefficient (Wildman–Crippen LogP) is 1.71. The van der Waals surface area contributed by atoms with Crippen LogP contribution in [0.4, 0.5) is 10.5 Å². The Bertz CT molecular complexity index is 500. The Hall–Kier alpha value is -1.79. The quantitative estimate of drug-likeness (QED) is 0.788. The van der Waals surface area contributed by atoms with Crippen molar-refractivity contribution < 1.29 is 19.4 Å². The van der Waals surface area contributed by atoms with E-state index in [1.165, 1.54) is 0 Å². The monoisotopic (exact) mass is 284 g/mol. The number of hydrogen-bond acceptors (Lipinski definition) is 3. The van der Waals surface area contributed by atoms with Crippen molar-refractivity contribution in [1.82, 2.24) is 5.32 Å². The number of benzene rings is 1. The Kier molecular flexibility index (Phi) is 3.92. The van der Waals surface area contributed by atoms with Crippen molar-refractivity contribution in [2.24, 2.45) is 0 Å². The van der Waals surface area contributed by atoms with Gasteiger partial charge in [-0.25, -0.2) is 9.59 Å². The van der Waals surface area contributed by atoms with Crippen LogP contribution in [-0.4, -0.2) is 35.9 Å². The number of hydrogen-bond donors (Lipinski definition) is 3. The molecule has 0 aliphatic carbocycles. The van der Waals surface area contributed by atoms with Crippen LogP contribution in [-0.2, 0) is 9.53 Å². The van der Waals surface area contributed by atoms with Gasteiger partial charge < -0.3 is 20.5 Å². The summed E-state index contributed by atoms with van der Waals surface area (Å²) in [4.78, 5) is 23.0. The van der Waals surface area contributed by atoms with Crippen molar-refractivity contribution in [3.05, 3.63) is 29.3 Å². The van der Waals surface area contributed by atoms with Gasteiger partial charge in [0.1, 0.15) is 0 Å². The molecule has 1 aromatic rings. The van der Waals surface area contributed by atoms with Crippen molar-refractivity contribution in [3.8, 4) is 0 Å². The van der Waals surface area contributed by atoms with E-state index in [1.54, 1.807) is 24.3 Å². The van der Waals surface area contributed by atoms with Gasteiger partial charge in [-0.05, 0) is 18.2 Å². The number of anilines is 1. The number of carboxylic acids is 1. The van der Waals surface area contributed by atoms with Crippen LogP contribution < -0.4 is 10.6 Å². The molecule has 2 rings (SSSR count). The van der Waals surface area contributed by atoms with E-state index in [0.717, 1.165) is 0 Å². The van der Waals surface area contributed by atoms with Crippen LogP contribution in [0.1, 0.15) is 6.42 Å². The molecule has 0 radical (unpaired) electrons. The van der Waals surface area contributed by atoms with Crippen LogP contribution in [0.2, 0.25) is 5.02 Å². The van der Waals surface area contributed by atoms with Gasteiger partial charge in [0, 0.05) is 23.7 Å². The average molecular weight is 285 g/mol.